The van der Waals surface area contributed by atoms with Crippen LogP contribution in [0.3, 0.4) is 0 Å². The highest BCUT2D eigenvalue weighted by Gasteiger charge is 2.15. The van der Waals surface area contributed by atoms with Crippen LogP contribution in [0.25, 0.3) is 0 Å². The molecule has 1 aromatic carbocycles. The molecule has 2 nitrogen and oxygen atoms in total. The molecule has 0 aromatic heterocycles. The van der Waals surface area contributed by atoms with Crippen LogP contribution in [0, 0.1) is 0 Å². The first-order chi connectivity index (χ1) is 6.66. The van der Waals surface area contributed by atoms with E-state index in [2.05, 4.69) is 24.0 Å². The molecule has 14 heavy (non-hydrogen) atoms. The predicted octanol–water partition coefficient (Wildman–Crippen LogP) is 2.06. The lowest BCUT2D eigenvalue weighted by molar-refractivity contribution is 0.127. The summed E-state index contributed by atoms with van der Waals surface area (Å²) in [6, 6.07) is 10.9. The van der Waals surface area contributed by atoms with E-state index >= 15 is 0 Å². The van der Waals surface area contributed by atoms with E-state index in [4.69, 9.17) is 5.11 Å². The zero-order valence-electron chi connectivity index (χ0n) is 9.14. The van der Waals surface area contributed by atoms with Crippen molar-refractivity contribution in [1.82, 2.24) is 4.90 Å². The lowest BCUT2D eigenvalue weighted by atomic mass is 10.1. The molecule has 0 aliphatic carbocycles. The first-order valence-electron chi connectivity index (χ1n) is 5.04. The van der Waals surface area contributed by atoms with Crippen molar-refractivity contribution in [3.05, 3.63) is 35.9 Å². The average molecular weight is 193 g/mol. The number of hydrogen-bond donors (Lipinski definition) is 1. The molecule has 0 radical (unpaired) electrons. The molecular weight excluding hydrogens is 174 g/mol. The van der Waals surface area contributed by atoms with Gasteiger partial charge in [-0.1, -0.05) is 30.3 Å². The molecule has 0 saturated carbocycles. The van der Waals surface area contributed by atoms with E-state index in [1.54, 1.807) is 0 Å². The fourth-order valence-corrected chi connectivity index (χ4v) is 1.48. The third-order valence-corrected chi connectivity index (χ3v) is 2.85. The van der Waals surface area contributed by atoms with Crippen LogP contribution in [0.15, 0.2) is 30.3 Å². The summed E-state index contributed by atoms with van der Waals surface area (Å²) in [5, 5.41) is 9.06. The van der Waals surface area contributed by atoms with E-state index in [-0.39, 0.29) is 12.6 Å². The topological polar surface area (TPSA) is 23.5 Å². The van der Waals surface area contributed by atoms with Gasteiger partial charge >= 0.3 is 0 Å². The van der Waals surface area contributed by atoms with Crippen molar-refractivity contribution in [2.24, 2.45) is 0 Å². The molecule has 0 amide bonds. The van der Waals surface area contributed by atoms with E-state index in [1.807, 2.05) is 32.2 Å². The Balaban J connectivity index is 2.70. The van der Waals surface area contributed by atoms with E-state index in [0.29, 0.717) is 6.04 Å². The second-order valence-corrected chi connectivity index (χ2v) is 3.78. The standard InChI is InChI=1S/C12H19NO/c1-10(9-14)13(3)11(2)12-7-5-4-6-8-12/h4-8,10-11,14H,9H2,1-3H3. The van der Waals surface area contributed by atoms with Gasteiger partial charge in [0.25, 0.3) is 0 Å². The average Bonchev–Trinajstić information content (AvgIpc) is 2.27. The Labute approximate surface area is 86.2 Å². The number of aliphatic hydroxyl groups is 1. The van der Waals surface area contributed by atoms with E-state index in [0.717, 1.165) is 0 Å². The fourth-order valence-electron chi connectivity index (χ4n) is 1.48. The Morgan fingerprint density at radius 1 is 1.21 bits per heavy atom. The van der Waals surface area contributed by atoms with Gasteiger partial charge in [0.1, 0.15) is 0 Å². The van der Waals surface area contributed by atoms with Crippen molar-refractivity contribution in [3.63, 3.8) is 0 Å². The van der Waals surface area contributed by atoms with Gasteiger partial charge < -0.3 is 5.11 Å². The van der Waals surface area contributed by atoms with Crippen LogP contribution in [0.1, 0.15) is 25.5 Å². The summed E-state index contributed by atoms with van der Waals surface area (Å²) in [7, 11) is 2.04. The van der Waals surface area contributed by atoms with Crippen LogP contribution in [-0.4, -0.2) is 29.7 Å². The third-order valence-electron chi connectivity index (χ3n) is 2.85. The van der Waals surface area contributed by atoms with E-state index in [9.17, 15) is 0 Å². The minimum Gasteiger partial charge on any atom is -0.395 e. The molecule has 0 fully saturated rings. The molecule has 1 aromatic rings. The van der Waals surface area contributed by atoms with Gasteiger partial charge in [0.05, 0.1) is 6.61 Å². The predicted molar refractivity (Wildman–Crippen MR) is 59.2 cm³/mol. The Morgan fingerprint density at radius 2 is 1.79 bits per heavy atom. The summed E-state index contributed by atoms with van der Waals surface area (Å²) in [6.07, 6.45) is 0. The maximum atomic E-state index is 9.06. The van der Waals surface area contributed by atoms with Crippen LogP contribution in [0.5, 0.6) is 0 Å². The van der Waals surface area contributed by atoms with Gasteiger partial charge in [0.2, 0.25) is 0 Å². The molecular formula is C12H19NO. The SMILES string of the molecule is CC(CO)N(C)C(C)c1ccccc1. The molecule has 2 unspecified atom stereocenters. The van der Waals surface area contributed by atoms with Crippen LogP contribution in [0.4, 0.5) is 0 Å². The lowest BCUT2D eigenvalue weighted by Gasteiger charge is -2.29. The first-order valence-corrected chi connectivity index (χ1v) is 5.04. The minimum absolute atomic E-state index is 0.199. The zero-order valence-corrected chi connectivity index (χ0v) is 9.14. The molecule has 0 heterocycles. The smallest absolute Gasteiger partial charge is 0.0584 e. The molecule has 0 aliphatic heterocycles. The quantitative estimate of drug-likeness (QED) is 0.791. The van der Waals surface area contributed by atoms with Gasteiger partial charge in [-0.3, -0.25) is 4.90 Å². The summed E-state index contributed by atoms with van der Waals surface area (Å²) in [5.41, 5.74) is 1.29. The van der Waals surface area contributed by atoms with Gasteiger partial charge in [0.15, 0.2) is 0 Å². The maximum Gasteiger partial charge on any atom is 0.0584 e. The van der Waals surface area contributed by atoms with Gasteiger partial charge in [-0.05, 0) is 26.5 Å². The number of benzene rings is 1. The largest absolute Gasteiger partial charge is 0.395 e. The monoisotopic (exact) mass is 193 g/mol. The summed E-state index contributed by atoms with van der Waals surface area (Å²) < 4.78 is 0. The van der Waals surface area contributed by atoms with Crippen molar-refractivity contribution in [1.29, 1.82) is 0 Å². The maximum absolute atomic E-state index is 9.06. The highest BCUT2D eigenvalue weighted by molar-refractivity contribution is 5.18. The van der Waals surface area contributed by atoms with Crippen molar-refractivity contribution < 1.29 is 5.11 Å². The van der Waals surface area contributed by atoms with Crippen LogP contribution in [0.2, 0.25) is 0 Å². The Bertz CT molecular complexity index is 260. The second kappa shape index (κ2) is 5.13. The number of likely N-dealkylation sites (N-methyl/N-ethyl adjacent to an activating group) is 1. The number of rotatable bonds is 4. The Kier molecular flexibility index (Phi) is 4.11. The van der Waals surface area contributed by atoms with Crippen molar-refractivity contribution in [2.75, 3.05) is 13.7 Å². The Hall–Kier alpha value is -0.860. The molecule has 1 rings (SSSR count). The van der Waals surface area contributed by atoms with Gasteiger partial charge in [0, 0.05) is 12.1 Å². The lowest BCUT2D eigenvalue weighted by Crippen LogP contribution is -2.34. The summed E-state index contributed by atoms with van der Waals surface area (Å²) in [5.74, 6) is 0. The minimum atomic E-state index is 0.199. The zero-order chi connectivity index (χ0) is 10.6. The molecule has 2 heteroatoms. The fraction of sp³-hybridized carbons (Fsp3) is 0.500. The third kappa shape index (κ3) is 2.56. The highest BCUT2D eigenvalue weighted by atomic mass is 16.3. The molecule has 0 bridgehead atoms. The first kappa shape index (κ1) is 11.2. The van der Waals surface area contributed by atoms with Gasteiger partial charge in [-0.15, -0.1) is 0 Å². The molecule has 1 N–H and O–H groups in total. The van der Waals surface area contributed by atoms with Crippen LogP contribution < -0.4 is 0 Å². The van der Waals surface area contributed by atoms with Crippen molar-refractivity contribution in [2.45, 2.75) is 25.9 Å². The molecule has 0 saturated heterocycles. The van der Waals surface area contributed by atoms with E-state index in [1.165, 1.54) is 5.56 Å². The molecule has 0 aliphatic rings. The number of aliphatic hydroxyl groups excluding tert-OH is 1. The summed E-state index contributed by atoms with van der Waals surface area (Å²) in [6.45, 7) is 4.38. The van der Waals surface area contributed by atoms with Crippen molar-refractivity contribution in [3.8, 4) is 0 Å². The van der Waals surface area contributed by atoms with E-state index < -0.39 is 0 Å². The van der Waals surface area contributed by atoms with Gasteiger partial charge in [-0.2, -0.15) is 0 Å². The molecule has 78 valence electrons. The second-order valence-electron chi connectivity index (χ2n) is 3.78. The summed E-state index contributed by atoms with van der Waals surface area (Å²) >= 11 is 0. The van der Waals surface area contributed by atoms with Crippen molar-refractivity contribution >= 4 is 0 Å². The molecule has 2 atom stereocenters. The van der Waals surface area contributed by atoms with Crippen LogP contribution >= 0.6 is 0 Å². The van der Waals surface area contributed by atoms with Crippen LogP contribution in [-0.2, 0) is 0 Å². The normalized spacial score (nSPS) is 15.5. The number of hydrogen-bond acceptors (Lipinski definition) is 2. The van der Waals surface area contributed by atoms with Gasteiger partial charge in [-0.25, -0.2) is 0 Å². The molecule has 0 spiro atoms. The highest BCUT2D eigenvalue weighted by Crippen LogP contribution is 2.19. The summed E-state index contributed by atoms with van der Waals surface area (Å²) in [4.78, 5) is 2.18. The Morgan fingerprint density at radius 3 is 2.29 bits per heavy atom. The number of nitrogens with zero attached hydrogens (tertiary/aromatic N) is 1.